The first-order valence-corrected chi connectivity index (χ1v) is 9.02. The van der Waals surface area contributed by atoms with Crippen molar-refractivity contribution in [2.24, 2.45) is 0 Å². The van der Waals surface area contributed by atoms with Gasteiger partial charge in [0.15, 0.2) is 15.6 Å². The van der Waals surface area contributed by atoms with E-state index in [2.05, 4.69) is 4.98 Å². The zero-order chi connectivity index (χ0) is 16.4. The van der Waals surface area contributed by atoms with Gasteiger partial charge in [0.05, 0.1) is 11.3 Å². The van der Waals surface area contributed by atoms with Gasteiger partial charge in [0.2, 0.25) is 0 Å². The third-order valence-electron chi connectivity index (χ3n) is 3.93. The van der Waals surface area contributed by atoms with E-state index in [1.807, 2.05) is 30.3 Å². The average molecular weight is 319 g/mol. The Balaban J connectivity index is 2.26. The van der Waals surface area contributed by atoms with Crippen molar-refractivity contribution in [3.63, 3.8) is 0 Å². The summed E-state index contributed by atoms with van der Waals surface area (Å²) in [5.41, 5.74) is 1.60. The SMILES string of the molecule is CCCS(=O)(=O)C(C)(C)C(=O)Cc1cnc2ccccc2c1. The van der Waals surface area contributed by atoms with Crippen molar-refractivity contribution in [2.45, 2.75) is 38.4 Å². The molecule has 1 aromatic carbocycles. The summed E-state index contributed by atoms with van der Waals surface area (Å²) in [5, 5.41) is 0.946. The minimum Gasteiger partial charge on any atom is -0.298 e. The molecule has 0 aliphatic carbocycles. The molecule has 0 aliphatic heterocycles. The number of hydrogen-bond donors (Lipinski definition) is 0. The number of aromatic nitrogens is 1. The zero-order valence-electron chi connectivity index (χ0n) is 13.2. The molecule has 1 heterocycles. The van der Waals surface area contributed by atoms with Crippen molar-refractivity contribution in [2.75, 3.05) is 5.75 Å². The van der Waals surface area contributed by atoms with Gasteiger partial charge in [0.1, 0.15) is 4.75 Å². The monoisotopic (exact) mass is 319 g/mol. The molecular weight excluding hydrogens is 298 g/mol. The van der Waals surface area contributed by atoms with Crippen LogP contribution in [0.4, 0.5) is 0 Å². The highest BCUT2D eigenvalue weighted by atomic mass is 32.2. The van der Waals surface area contributed by atoms with E-state index in [9.17, 15) is 13.2 Å². The fourth-order valence-corrected chi connectivity index (χ4v) is 3.78. The van der Waals surface area contributed by atoms with Gasteiger partial charge in [0, 0.05) is 18.0 Å². The van der Waals surface area contributed by atoms with E-state index in [-0.39, 0.29) is 18.0 Å². The number of carbonyl (C=O) groups is 1. The highest BCUT2D eigenvalue weighted by Crippen LogP contribution is 2.22. The molecule has 1 aromatic heterocycles. The molecule has 0 unspecified atom stereocenters. The topological polar surface area (TPSA) is 64.1 Å². The number of hydrogen-bond acceptors (Lipinski definition) is 4. The maximum atomic E-state index is 12.5. The summed E-state index contributed by atoms with van der Waals surface area (Å²) in [6.45, 7) is 4.79. The van der Waals surface area contributed by atoms with Crippen LogP contribution in [-0.4, -0.2) is 29.7 Å². The van der Waals surface area contributed by atoms with Gasteiger partial charge in [-0.05, 0) is 38.0 Å². The quantitative estimate of drug-likeness (QED) is 0.821. The van der Waals surface area contributed by atoms with Crippen molar-refractivity contribution in [1.29, 1.82) is 0 Å². The lowest BCUT2D eigenvalue weighted by atomic mass is 10.0. The largest absolute Gasteiger partial charge is 0.298 e. The van der Waals surface area contributed by atoms with E-state index in [4.69, 9.17) is 0 Å². The molecule has 2 rings (SSSR count). The first kappa shape index (κ1) is 16.6. The summed E-state index contributed by atoms with van der Waals surface area (Å²) >= 11 is 0. The number of Topliss-reactive ketones (excluding diaryl/α,β-unsaturated/α-hetero) is 1. The van der Waals surface area contributed by atoms with Crippen molar-refractivity contribution in [3.05, 3.63) is 42.1 Å². The van der Waals surface area contributed by atoms with Crippen molar-refractivity contribution < 1.29 is 13.2 Å². The van der Waals surface area contributed by atoms with Gasteiger partial charge in [-0.15, -0.1) is 0 Å². The van der Waals surface area contributed by atoms with Crippen LogP contribution in [0.1, 0.15) is 32.8 Å². The predicted octanol–water partition coefficient (Wildman–Crippen LogP) is 2.95. The molecular formula is C17H21NO3S. The highest BCUT2D eigenvalue weighted by molar-refractivity contribution is 7.93. The molecule has 0 aliphatic rings. The summed E-state index contributed by atoms with van der Waals surface area (Å²) in [7, 11) is -3.44. The zero-order valence-corrected chi connectivity index (χ0v) is 14.0. The molecule has 0 amide bonds. The molecule has 22 heavy (non-hydrogen) atoms. The van der Waals surface area contributed by atoms with Gasteiger partial charge in [0.25, 0.3) is 0 Å². The van der Waals surface area contributed by atoms with E-state index < -0.39 is 14.6 Å². The Morgan fingerprint density at radius 1 is 1.23 bits per heavy atom. The number of benzene rings is 1. The number of carbonyl (C=O) groups excluding carboxylic acids is 1. The van der Waals surface area contributed by atoms with Gasteiger partial charge in [-0.1, -0.05) is 25.1 Å². The number of sulfone groups is 1. The van der Waals surface area contributed by atoms with E-state index in [1.54, 1.807) is 13.1 Å². The first-order chi connectivity index (χ1) is 10.3. The average Bonchev–Trinajstić information content (AvgIpc) is 2.46. The summed E-state index contributed by atoms with van der Waals surface area (Å²) < 4.78 is 23.2. The minimum atomic E-state index is -3.44. The van der Waals surface area contributed by atoms with Crippen LogP contribution in [0, 0.1) is 0 Å². The molecule has 0 radical (unpaired) electrons. The Morgan fingerprint density at radius 2 is 1.91 bits per heavy atom. The molecule has 0 atom stereocenters. The molecule has 0 N–H and O–H groups in total. The third-order valence-corrected chi connectivity index (χ3v) is 6.66. The van der Waals surface area contributed by atoms with Crippen LogP contribution in [0.15, 0.2) is 36.5 Å². The number of rotatable bonds is 6. The van der Waals surface area contributed by atoms with Crippen molar-refractivity contribution in [1.82, 2.24) is 4.98 Å². The normalized spacial score (nSPS) is 12.5. The fraction of sp³-hybridized carbons (Fsp3) is 0.412. The molecule has 4 nitrogen and oxygen atoms in total. The number of pyridine rings is 1. The highest BCUT2D eigenvalue weighted by Gasteiger charge is 2.40. The van der Waals surface area contributed by atoms with Crippen LogP contribution in [-0.2, 0) is 21.1 Å². The predicted molar refractivity (Wildman–Crippen MR) is 88.6 cm³/mol. The molecule has 2 aromatic rings. The lowest BCUT2D eigenvalue weighted by molar-refractivity contribution is -0.120. The summed E-state index contributed by atoms with van der Waals surface area (Å²) in [4.78, 5) is 16.8. The number of para-hydroxylation sites is 1. The van der Waals surface area contributed by atoms with Crippen LogP contribution < -0.4 is 0 Å². The van der Waals surface area contributed by atoms with Crippen molar-refractivity contribution in [3.8, 4) is 0 Å². The van der Waals surface area contributed by atoms with E-state index in [0.29, 0.717) is 6.42 Å². The lowest BCUT2D eigenvalue weighted by Crippen LogP contribution is -2.43. The Kier molecular flexibility index (Phi) is 4.66. The number of nitrogens with zero attached hydrogens (tertiary/aromatic N) is 1. The van der Waals surface area contributed by atoms with Crippen molar-refractivity contribution >= 4 is 26.5 Å². The molecule has 5 heteroatoms. The molecule has 0 saturated heterocycles. The Labute approximate surface area is 131 Å². The molecule has 0 fully saturated rings. The van der Waals surface area contributed by atoms with Crippen LogP contribution in [0.25, 0.3) is 10.9 Å². The molecule has 118 valence electrons. The fourth-order valence-electron chi connectivity index (χ4n) is 2.31. The van der Waals surface area contributed by atoms with Crippen LogP contribution >= 0.6 is 0 Å². The Bertz CT molecular complexity index is 794. The van der Waals surface area contributed by atoms with Gasteiger partial charge in [-0.2, -0.15) is 0 Å². The Hall–Kier alpha value is -1.75. The summed E-state index contributed by atoms with van der Waals surface area (Å²) in [6, 6.07) is 9.53. The standard InChI is InChI=1S/C17H21NO3S/c1-4-9-22(20,21)17(2,3)16(19)11-13-10-14-7-5-6-8-15(14)18-12-13/h5-8,10,12H,4,9,11H2,1-3H3. The second-order valence-electron chi connectivity index (χ2n) is 5.97. The van der Waals surface area contributed by atoms with Gasteiger partial charge < -0.3 is 0 Å². The van der Waals surface area contributed by atoms with Gasteiger partial charge in [-0.3, -0.25) is 9.78 Å². The Morgan fingerprint density at radius 3 is 2.59 bits per heavy atom. The van der Waals surface area contributed by atoms with Gasteiger partial charge >= 0.3 is 0 Å². The third kappa shape index (κ3) is 3.19. The molecule has 0 saturated carbocycles. The lowest BCUT2D eigenvalue weighted by Gasteiger charge is -2.23. The van der Waals surface area contributed by atoms with Crippen LogP contribution in [0.2, 0.25) is 0 Å². The minimum absolute atomic E-state index is 0.0295. The smallest absolute Gasteiger partial charge is 0.162 e. The second kappa shape index (κ2) is 6.16. The number of ketones is 1. The second-order valence-corrected chi connectivity index (χ2v) is 8.62. The maximum Gasteiger partial charge on any atom is 0.162 e. The number of fused-ring (bicyclic) bond motifs is 1. The van der Waals surface area contributed by atoms with Crippen LogP contribution in [0.3, 0.4) is 0 Å². The van der Waals surface area contributed by atoms with Crippen LogP contribution in [0.5, 0.6) is 0 Å². The summed E-state index contributed by atoms with van der Waals surface area (Å²) in [5.74, 6) is -0.264. The van der Waals surface area contributed by atoms with E-state index in [1.165, 1.54) is 13.8 Å². The van der Waals surface area contributed by atoms with E-state index >= 15 is 0 Å². The molecule has 0 bridgehead atoms. The summed E-state index contributed by atoms with van der Waals surface area (Å²) in [6.07, 6.45) is 2.23. The maximum absolute atomic E-state index is 12.5. The molecule has 0 spiro atoms. The van der Waals surface area contributed by atoms with E-state index in [0.717, 1.165) is 16.5 Å². The van der Waals surface area contributed by atoms with Gasteiger partial charge in [-0.25, -0.2) is 8.42 Å². The first-order valence-electron chi connectivity index (χ1n) is 7.37.